The zero-order valence-electron chi connectivity index (χ0n) is 15.5. The molecule has 0 saturated carbocycles. The molecular formula is C15H26N4O4S3. The number of nitrogens with one attached hydrogen (secondary N) is 4. The lowest BCUT2D eigenvalue weighted by Gasteiger charge is -2.26. The van der Waals surface area contributed by atoms with Crippen LogP contribution in [0, 0.1) is 0 Å². The van der Waals surface area contributed by atoms with Crippen LogP contribution in [0.15, 0.2) is 20.7 Å². The highest BCUT2D eigenvalue weighted by atomic mass is 32.3. The quantitative estimate of drug-likeness (QED) is 0.493. The summed E-state index contributed by atoms with van der Waals surface area (Å²) in [5, 5.41) is 6.23. The van der Waals surface area contributed by atoms with E-state index in [2.05, 4.69) is 20.1 Å². The predicted octanol–water partition coefficient (Wildman–Crippen LogP) is 1.35. The predicted molar refractivity (Wildman–Crippen MR) is 104 cm³/mol. The molecule has 0 fully saturated rings. The Bertz CT molecular complexity index is 896. The van der Waals surface area contributed by atoms with E-state index in [1.807, 2.05) is 27.7 Å². The molecule has 2 rings (SSSR count). The zero-order valence-corrected chi connectivity index (χ0v) is 18.0. The van der Waals surface area contributed by atoms with Gasteiger partial charge in [-0.2, -0.15) is 4.72 Å². The third-order valence-corrected chi connectivity index (χ3v) is 8.37. The molecule has 8 nitrogen and oxygen atoms in total. The van der Waals surface area contributed by atoms with Crippen molar-refractivity contribution < 1.29 is 16.8 Å². The van der Waals surface area contributed by atoms with Crippen molar-refractivity contribution in [3.05, 3.63) is 17.8 Å². The fourth-order valence-electron chi connectivity index (χ4n) is 2.52. The second-order valence-corrected chi connectivity index (χ2v) is 12.0. The molecule has 1 aromatic rings. The number of sulfonamides is 2. The molecule has 2 heterocycles. The molecule has 1 aliphatic rings. The fourth-order valence-corrected chi connectivity index (χ4v) is 6.75. The third kappa shape index (κ3) is 4.97. The van der Waals surface area contributed by atoms with Crippen molar-refractivity contribution in [2.45, 2.75) is 61.2 Å². The van der Waals surface area contributed by atoms with Gasteiger partial charge in [0, 0.05) is 23.8 Å². The molecule has 1 atom stereocenters. The van der Waals surface area contributed by atoms with Gasteiger partial charge in [-0.3, -0.25) is 10.0 Å². The minimum atomic E-state index is -3.86. The average Bonchev–Trinajstić information content (AvgIpc) is 2.91. The molecule has 1 aliphatic heterocycles. The van der Waals surface area contributed by atoms with Gasteiger partial charge in [0.1, 0.15) is 4.21 Å². The van der Waals surface area contributed by atoms with Crippen LogP contribution < -0.4 is 20.1 Å². The molecular weight excluding hydrogens is 396 g/mol. The number of hydrogen-bond acceptors (Lipinski definition) is 7. The molecule has 0 unspecified atom stereocenters. The van der Waals surface area contributed by atoms with Crippen molar-refractivity contribution in [2.24, 2.45) is 0 Å². The molecule has 0 spiro atoms. The Labute approximate surface area is 159 Å². The van der Waals surface area contributed by atoms with Gasteiger partial charge in [0.2, 0.25) is 0 Å². The van der Waals surface area contributed by atoms with E-state index in [1.165, 1.54) is 12.3 Å². The van der Waals surface area contributed by atoms with Crippen LogP contribution in [0.2, 0.25) is 0 Å². The summed E-state index contributed by atoms with van der Waals surface area (Å²) in [7, 11) is -7.61. The van der Waals surface area contributed by atoms with Gasteiger partial charge in [0.25, 0.3) is 20.0 Å². The maximum atomic E-state index is 12.7. The summed E-state index contributed by atoms with van der Waals surface area (Å²) in [6.07, 6.45) is 1.70. The zero-order chi connectivity index (χ0) is 19.8. The summed E-state index contributed by atoms with van der Waals surface area (Å²) in [4.78, 5) is 0. The molecule has 26 heavy (non-hydrogen) atoms. The summed E-state index contributed by atoms with van der Waals surface area (Å²) in [6, 6.07) is 1.40. The van der Waals surface area contributed by atoms with Crippen LogP contribution in [0.4, 0.5) is 0 Å². The number of fused-ring (bicyclic) bond motifs is 1. The van der Waals surface area contributed by atoms with Crippen LogP contribution in [-0.2, 0) is 20.0 Å². The van der Waals surface area contributed by atoms with Crippen LogP contribution in [0.3, 0.4) is 0 Å². The number of rotatable bonds is 7. The smallest absolute Gasteiger partial charge is 0.271 e. The lowest BCUT2D eigenvalue weighted by molar-refractivity contribution is 0.360. The SMILES string of the molecule is CCCNC1=CNS(=O)(=O)c2sc(S(=O)(=O)N[C@@H](C)NC(C)(C)C)cc21. The molecule has 0 radical (unpaired) electrons. The Morgan fingerprint density at radius 1 is 1.31 bits per heavy atom. The Morgan fingerprint density at radius 2 is 1.96 bits per heavy atom. The van der Waals surface area contributed by atoms with E-state index in [-0.39, 0.29) is 14.0 Å². The lowest BCUT2D eigenvalue weighted by Crippen LogP contribution is -2.50. The van der Waals surface area contributed by atoms with Crippen molar-refractivity contribution in [3.8, 4) is 0 Å². The highest BCUT2D eigenvalue weighted by Gasteiger charge is 2.32. The second-order valence-electron chi connectivity index (χ2n) is 7.11. The molecule has 4 N–H and O–H groups in total. The standard InChI is InChI=1S/C15H26N4O4S3/c1-6-7-16-12-9-17-26(22,23)14-11(12)8-13(24-14)25(20,21)19-10(2)18-15(3,4)5/h8-10,16-19H,6-7H2,1-5H3/t10-/m0/s1. The number of thiophene rings is 1. The molecule has 0 saturated heterocycles. The topological polar surface area (TPSA) is 116 Å². The van der Waals surface area contributed by atoms with E-state index < -0.39 is 26.2 Å². The first-order chi connectivity index (χ1) is 11.9. The van der Waals surface area contributed by atoms with Crippen molar-refractivity contribution >= 4 is 37.1 Å². The Hall–Kier alpha value is -1.14. The fraction of sp³-hybridized carbons (Fsp3) is 0.600. The minimum absolute atomic E-state index is 0.00425. The van der Waals surface area contributed by atoms with Crippen molar-refractivity contribution in [1.29, 1.82) is 0 Å². The van der Waals surface area contributed by atoms with Gasteiger partial charge in [-0.25, -0.2) is 16.8 Å². The van der Waals surface area contributed by atoms with Gasteiger partial charge in [-0.15, -0.1) is 11.3 Å². The molecule has 0 amide bonds. The first-order valence-electron chi connectivity index (χ1n) is 8.26. The Morgan fingerprint density at radius 3 is 2.54 bits per heavy atom. The van der Waals surface area contributed by atoms with E-state index in [0.29, 0.717) is 17.8 Å². The van der Waals surface area contributed by atoms with Gasteiger partial charge in [-0.05, 0) is 40.2 Å². The van der Waals surface area contributed by atoms with Gasteiger partial charge in [0.15, 0.2) is 4.21 Å². The summed E-state index contributed by atoms with van der Waals surface area (Å²) < 4.78 is 54.7. The van der Waals surface area contributed by atoms with E-state index in [9.17, 15) is 16.8 Å². The normalized spacial score (nSPS) is 17.8. The summed E-state index contributed by atoms with van der Waals surface area (Å²) >= 11 is 0.737. The Balaban J connectivity index is 2.35. The lowest BCUT2D eigenvalue weighted by atomic mass is 10.1. The van der Waals surface area contributed by atoms with E-state index in [1.54, 1.807) is 6.92 Å². The highest BCUT2D eigenvalue weighted by Crippen LogP contribution is 2.36. The first-order valence-corrected chi connectivity index (χ1v) is 12.0. The molecule has 0 aromatic carbocycles. The van der Waals surface area contributed by atoms with Crippen LogP contribution in [0.1, 0.15) is 46.6 Å². The second kappa shape index (κ2) is 7.47. The summed E-state index contributed by atoms with van der Waals surface area (Å²) in [5.41, 5.74) is 0.665. The monoisotopic (exact) mass is 422 g/mol. The molecule has 0 bridgehead atoms. The summed E-state index contributed by atoms with van der Waals surface area (Å²) in [5.74, 6) is 0. The molecule has 1 aromatic heterocycles. The largest absolute Gasteiger partial charge is 0.383 e. The average molecular weight is 423 g/mol. The van der Waals surface area contributed by atoms with Crippen molar-refractivity contribution in [2.75, 3.05) is 6.54 Å². The van der Waals surface area contributed by atoms with Gasteiger partial charge in [-0.1, -0.05) is 6.92 Å². The molecule has 11 heteroatoms. The minimum Gasteiger partial charge on any atom is -0.383 e. The van der Waals surface area contributed by atoms with Gasteiger partial charge < -0.3 is 5.32 Å². The first kappa shape index (κ1) is 21.2. The number of hydrogen-bond donors (Lipinski definition) is 4. The Kier molecular flexibility index (Phi) is 6.08. The van der Waals surface area contributed by atoms with E-state index in [0.717, 1.165) is 17.8 Å². The van der Waals surface area contributed by atoms with Crippen molar-refractivity contribution in [3.63, 3.8) is 0 Å². The highest BCUT2D eigenvalue weighted by molar-refractivity contribution is 7.94. The summed E-state index contributed by atoms with van der Waals surface area (Å²) in [6.45, 7) is 10.1. The van der Waals surface area contributed by atoms with Gasteiger partial charge >= 0.3 is 0 Å². The van der Waals surface area contributed by atoms with Gasteiger partial charge in [0.05, 0.1) is 11.9 Å². The third-order valence-electron chi connectivity index (χ3n) is 3.38. The van der Waals surface area contributed by atoms with Crippen molar-refractivity contribution in [1.82, 2.24) is 20.1 Å². The molecule has 148 valence electrons. The van der Waals surface area contributed by atoms with E-state index >= 15 is 0 Å². The maximum absolute atomic E-state index is 12.7. The van der Waals surface area contributed by atoms with E-state index in [4.69, 9.17) is 0 Å². The van der Waals surface area contributed by atoms with Crippen LogP contribution >= 0.6 is 11.3 Å². The van der Waals surface area contributed by atoms with Crippen LogP contribution in [-0.4, -0.2) is 35.1 Å². The van der Waals surface area contributed by atoms with Crippen LogP contribution in [0.5, 0.6) is 0 Å². The van der Waals surface area contributed by atoms with Crippen LogP contribution in [0.25, 0.3) is 5.70 Å². The maximum Gasteiger partial charge on any atom is 0.271 e. The molecule has 0 aliphatic carbocycles.